The summed E-state index contributed by atoms with van der Waals surface area (Å²) in [4.78, 5) is 22.4. The molecule has 2 aliphatic carbocycles. The molecule has 0 atom stereocenters. The van der Waals surface area contributed by atoms with Gasteiger partial charge in [0.05, 0.1) is 0 Å². The lowest BCUT2D eigenvalue weighted by Gasteiger charge is -2.34. The van der Waals surface area contributed by atoms with Gasteiger partial charge >= 0.3 is 0 Å². The van der Waals surface area contributed by atoms with Gasteiger partial charge in [-0.2, -0.15) is 0 Å². The maximum Gasteiger partial charge on any atom is 0.245 e. The van der Waals surface area contributed by atoms with Gasteiger partial charge in [0.2, 0.25) is 11.8 Å². The van der Waals surface area contributed by atoms with Crippen molar-refractivity contribution < 1.29 is 19.8 Å². The van der Waals surface area contributed by atoms with Gasteiger partial charge < -0.3 is 20.8 Å². The first-order valence-corrected chi connectivity index (χ1v) is 8.91. The van der Waals surface area contributed by atoms with Gasteiger partial charge in [-0.15, -0.1) is 0 Å². The van der Waals surface area contributed by atoms with Gasteiger partial charge in [0, 0.05) is 12.1 Å². The number of carbonyl (C=O) groups is 2. The highest BCUT2D eigenvalue weighted by molar-refractivity contribution is 5.77. The second-order valence-electron chi connectivity index (χ2n) is 7.12. The highest BCUT2D eigenvalue weighted by Gasteiger charge is 2.27. The van der Waals surface area contributed by atoms with Gasteiger partial charge in [0.25, 0.3) is 0 Å². The third-order valence-corrected chi connectivity index (χ3v) is 5.38. The average molecular weight is 326 g/mol. The van der Waals surface area contributed by atoms with Crippen molar-refractivity contribution in [3.63, 3.8) is 0 Å². The van der Waals surface area contributed by atoms with Crippen LogP contribution < -0.4 is 10.6 Å². The number of amides is 2. The molecule has 2 amide bonds. The molecule has 2 aliphatic rings. The first kappa shape index (κ1) is 18.2. The van der Waals surface area contributed by atoms with E-state index in [1.807, 2.05) is 0 Å². The molecule has 6 heteroatoms. The van der Waals surface area contributed by atoms with Crippen LogP contribution >= 0.6 is 0 Å². The fourth-order valence-electron chi connectivity index (χ4n) is 4.10. The number of carbonyl (C=O) groups excluding carboxylic acids is 2. The van der Waals surface area contributed by atoms with Gasteiger partial charge in [-0.05, 0) is 69.6 Å². The number of rotatable bonds is 6. The Bertz CT molecular complexity index is 350. The first-order chi connectivity index (χ1) is 11.1. The van der Waals surface area contributed by atoms with E-state index < -0.39 is 13.2 Å². The molecular formula is C17H30N2O4. The molecule has 2 rings (SSSR count). The largest absolute Gasteiger partial charge is 0.387 e. The third kappa shape index (κ3) is 6.11. The van der Waals surface area contributed by atoms with Crippen molar-refractivity contribution in [2.75, 3.05) is 13.2 Å². The van der Waals surface area contributed by atoms with Crippen molar-refractivity contribution >= 4 is 11.8 Å². The summed E-state index contributed by atoms with van der Waals surface area (Å²) >= 11 is 0. The smallest absolute Gasteiger partial charge is 0.245 e. The molecule has 0 radical (unpaired) electrons. The summed E-state index contributed by atoms with van der Waals surface area (Å²) in [7, 11) is 0. The highest BCUT2D eigenvalue weighted by atomic mass is 16.3. The van der Waals surface area contributed by atoms with Crippen LogP contribution in [0.4, 0.5) is 0 Å². The molecule has 132 valence electrons. The van der Waals surface area contributed by atoms with Crippen molar-refractivity contribution in [2.45, 2.75) is 69.9 Å². The summed E-state index contributed by atoms with van der Waals surface area (Å²) in [6.45, 7) is -0.841. The monoisotopic (exact) mass is 326 g/mol. The molecule has 2 fully saturated rings. The summed E-state index contributed by atoms with van der Waals surface area (Å²) in [6.07, 6.45) is 9.90. The molecule has 0 saturated heterocycles. The standard InChI is InChI=1S/C17H30N2O4/c20-10-16(22)18-14-5-1-12(2-6-14)9-13-3-7-15(8-4-13)19-17(23)11-21/h12-15,20-21H,1-11H2,(H,18,22)(H,19,23). The van der Waals surface area contributed by atoms with Crippen LogP contribution in [0.1, 0.15) is 57.8 Å². The second kappa shape index (κ2) is 9.23. The number of aliphatic hydroxyl groups is 2. The van der Waals surface area contributed by atoms with Crippen LogP contribution in [0, 0.1) is 11.8 Å². The van der Waals surface area contributed by atoms with Crippen molar-refractivity contribution in [3.05, 3.63) is 0 Å². The molecule has 0 aromatic heterocycles. The molecule has 23 heavy (non-hydrogen) atoms. The van der Waals surface area contributed by atoms with E-state index in [0.29, 0.717) is 0 Å². The van der Waals surface area contributed by atoms with E-state index in [4.69, 9.17) is 10.2 Å². The maximum atomic E-state index is 11.2. The fourth-order valence-corrected chi connectivity index (χ4v) is 4.10. The van der Waals surface area contributed by atoms with E-state index in [-0.39, 0.29) is 23.9 Å². The Labute approximate surface area is 138 Å². The third-order valence-electron chi connectivity index (χ3n) is 5.38. The second-order valence-corrected chi connectivity index (χ2v) is 7.12. The molecule has 0 aromatic rings. The predicted octanol–water partition coefficient (Wildman–Crippen LogP) is 0.711. The Morgan fingerprint density at radius 2 is 1.04 bits per heavy atom. The van der Waals surface area contributed by atoms with Crippen molar-refractivity contribution in [3.8, 4) is 0 Å². The van der Waals surface area contributed by atoms with Gasteiger partial charge in [0.15, 0.2) is 0 Å². The van der Waals surface area contributed by atoms with Crippen LogP contribution in [-0.4, -0.2) is 47.3 Å². The minimum Gasteiger partial charge on any atom is -0.387 e. The molecule has 4 N–H and O–H groups in total. The number of hydrogen-bond donors (Lipinski definition) is 4. The SMILES string of the molecule is O=C(CO)NC1CCC(CC2CCC(NC(=O)CO)CC2)CC1. The summed E-state index contributed by atoms with van der Waals surface area (Å²) in [5, 5.41) is 23.3. The average Bonchev–Trinajstić information content (AvgIpc) is 2.58. The zero-order valence-electron chi connectivity index (χ0n) is 13.8. The Morgan fingerprint density at radius 1 is 0.696 bits per heavy atom. The van der Waals surface area contributed by atoms with E-state index in [1.165, 1.54) is 6.42 Å². The lowest BCUT2D eigenvalue weighted by atomic mass is 9.75. The van der Waals surface area contributed by atoms with Gasteiger partial charge in [0.1, 0.15) is 13.2 Å². The quantitative estimate of drug-likeness (QED) is 0.578. The van der Waals surface area contributed by atoms with Crippen LogP contribution in [-0.2, 0) is 9.59 Å². The molecule has 0 spiro atoms. The summed E-state index contributed by atoms with van der Waals surface area (Å²) < 4.78 is 0. The minimum atomic E-state index is -0.421. The molecule has 2 saturated carbocycles. The summed E-state index contributed by atoms with van der Waals surface area (Å²) in [6, 6.07) is 0.464. The molecule has 0 aliphatic heterocycles. The highest BCUT2D eigenvalue weighted by Crippen LogP contribution is 2.35. The predicted molar refractivity (Wildman–Crippen MR) is 86.6 cm³/mol. The number of hydrogen-bond acceptors (Lipinski definition) is 4. The van der Waals surface area contributed by atoms with Crippen molar-refractivity contribution in [2.24, 2.45) is 11.8 Å². The van der Waals surface area contributed by atoms with Crippen LogP contribution in [0.3, 0.4) is 0 Å². The Hall–Kier alpha value is -1.14. The molecule has 0 unspecified atom stereocenters. The fraction of sp³-hybridized carbons (Fsp3) is 0.882. The van der Waals surface area contributed by atoms with E-state index in [9.17, 15) is 9.59 Å². The van der Waals surface area contributed by atoms with Crippen molar-refractivity contribution in [1.82, 2.24) is 10.6 Å². The van der Waals surface area contributed by atoms with Gasteiger partial charge in [-0.1, -0.05) is 0 Å². The topological polar surface area (TPSA) is 98.7 Å². The summed E-state index contributed by atoms with van der Waals surface area (Å²) in [5.41, 5.74) is 0. The maximum absolute atomic E-state index is 11.2. The normalized spacial score (nSPS) is 31.4. The van der Waals surface area contributed by atoms with Crippen LogP contribution in [0.15, 0.2) is 0 Å². The number of aliphatic hydroxyl groups excluding tert-OH is 2. The lowest BCUT2D eigenvalue weighted by Crippen LogP contribution is -2.40. The Morgan fingerprint density at radius 3 is 1.35 bits per heavy atom. The molecule has 0 heterocycles. The number of nitrogens with one attached hydrogen (secondary N) is 2. The molecule has 0 aromatic carbocycles. The van der Waals surface area contributed by atoms with Crippen molar-refractivity contribution in [1.29, 1.82) is 0 Å². The molecule has 6 nitrogen and oxygen atoms in total. The van der Waals surface area contributed by atoms with E-state index in [0.717, 1.165) is 63.2 Å². The van der Waals surface area contributed by atoms with Crippen LogP contribution in [0.2, 0.25) is 0 Å². The molecular weight excluding hydrogens is 296 g/mol. The van der Waals surface area contributed by atoms with E-state index >= 15 is 0 Å². The zero-order chi connectivity index (χ0) is 16.7. The van der Waals surface area contributed by atoms with E-state index in [1.54, 1.807) is 0 Å². The summed E-state index contributed by atoms with van der Waals surface area (Å²) in [5.74, 6) is 0.949. The Kier molecular flexibility index (Phi) is 7.30. The molecule has 0 bridgehead atoms. The van der Waals surface area contributed by atoms with Crippen LogP contribution in [0.25, 0.3) is 0 Å². The van der Waals surface area contributed by atoms with E-state index in [2.05, 4.69) is 10.6 Å². The first-order valence-electron chi connectivity index (χ1n) is 8.91. The Balaban J connectivity index is 1.62. The van der Waals surface area contributed by atoms with Gasteiger partial charge in [-0.25, -0.2) is 0 Å². The minimum absolute atomic E-state index is 0.232. The lowest BCUT2D eigenvalue weighted by molar-refractivity contribution is -0.125. The van der Waals surface area contributed by atoms with Gasteiger partial charge in [-0.3, -0.25) is 9.59 Å². The van der Waals surface area contributed by atoms with Crippen LogP contribution in [0.5, 0.6) is 0 Å². The zero-order valence-corrected chi connectivity index (χ0v) is 13.8.